The summed E-state index contributed by atoms with van der Waals surface area (Å²) in [7, 11) is -3.21. The van der Waals surface area contributed by atoms with Gasteiger partial charge in [0, 0.05) is 19.6 Å². The molecule has 1 aliphatic rings. The van der Waals surface area contributed by atoms with Gasteiger partial charge in [-0.15, -0.1) is 0 Å². The Morgan fingerprint density at radius 2 is 2.00 bits per heavy atom. The van der Waals surface area contributed by atoms with Gasteiger partial charge in [-0.1, -0.05) is 13.3 Å². The fourth-order valence-electron chi connectivity index (χ4n) is 3.12. The van der Waals surface area contributed by atoms with Crippen LogP contribution in [-0.2, 0) is 16.6 Å². The van der Waals surface area contributed by atoms with Crippen LogP contribution < -0.4 is 9.62 Å². The van der Waals surface area contributed by atoms with E-state index in [1.807, 2.05) is 6.92 Å². The van der Waals surface area contributed by atoms with Crippen molar-refractivity contribution in [3.63, 3.8) is 0 Å². The van der Waals surface area contributed by atoms with E-state index in [2.05, 4.69) is 24.7 Å². The van der Waals surface area contributed by atoms with Crippen LogP contribution in [0, 0.1) is 0 Å². The van der Waals surface area contributed by atoms with Gasteiger partial charge in [-0.3, -0.25) is 0 Å². The number of fused-ring (bicyclic) bond motifs is 1. The van der Waals surface area contributed by atoms with Crippen LogP contribution in [0.25, 0.3) is 11.0 Å². The lowest BCUT2D eigenvalue weighted by Gasteiger charge is -2.27. The highest BCUT2D eigenvalue weighted by molar-refractivity contribution is 7.89. The summed E-state index contributed by atoms with van der Waals surface area (Å²) in [6, 6.07) is 0. The Bertz CT molecular complexity index is 798. The summed E-state index contributed by atoms with van der Waals surface area (Å²) < 4.78 is 28.1. The molecule has 1 saturated heterocycles. The van der Waals surface area contributed by atoms with Gasteiger partial charge in [-0.2, -0.15) is 5.10 Å². The van der Waals surface area contributed by atoms with Crippen molar-refractivity contribution in [2.45, 2.75) is 45.6 Å². The van der Waals surface area contributed by atoms with Crippen LogP contribution >= 0.6 is 0 Å². The number of hydrogen-bond acceptors (Lipinski definition) is 6. The topological polar surface area (TPSA) is 93.0 Å². The van der Waals surface area contributed by atoms with Gasteiger partial charge in [0.1, 0.15) is 12.1 Å². The molecule has 0 spiro atoms. The van der Waals surface area contributed by atoms with Gasteiger partial charge in [0.05, 0.1) is 23.9 Å². The Morgan fingerprint density at radius 3 is 2.76 bits per heavy atom. The predicted molar refractivity (Wildman–Crippen MR) is 98.1 cm³/mol. The first-order valence-electron chi connectivity index (χ1n) is 8.99. The van der Waals surface area contributed by atoms with Crippen LogP contribution in [0.4, 0.5) is 5.82 Å². The van der Waals surface area contributed by atoms with Crippen LogP contribution in [0.3, 0.4) is 0 Å². The van der Waals surface area contributed by atoms with Crippen molar-refractivity contribution in [1.82, 2.24) is 24.5 Å². The molecule has 0 aliphatic carbocycles. The Labute approximate surface area is 148 Å². The SMILES string of the molecule is CCCCS(=O)(=O)NCCn1ncc2c(N3CCCCC3)ncnc21. The Kier molecular flexibility index (Phi) is 5.85. The third-order valence-electron chi connectivity index (χ3n) is 4.48. The highest BCUT2D eigenvalue weighted by atomic mass is 32.2. The summed E-state index contributed by atoms with van der Waals surface area (Å²) >= 11 is 0. The van der Waals surface area contributed by atoms with Gasteiger partial charge in [0.15, 0.2) is 5.65 Å². The van der Waals surface area contributed by atoms with Gasteiger partial charge in [-0.25, -0.2) is 27.8 Å². The molecule has 0 atom stereocenters. The monoisotopic (exact) mass is 366 g/mol. The molecule has 3 heterocycles. The molecule has 0 saturated carbocycles. The number of aromatic nitrogens is 4. The zero-order valence-electron chi connectivity index (χ0n) is 14.7. The van der Waals surface area contributed by atoms with E-state index in [4.69, 9.17) is 0 Å². The van der Waals surface area contributed by atoms with Crippen molar-refractivity contribution in [2.24, 2.45) is 0 Å². The molecule has 1 fully saturated rings. The molecule has 1 aliphatic heterocycles. The van der Waals surface area contributed by atoms with Crippen LogP contribution in [-0.4, -0.2) is 53.6 Å². The number of anilines is 1. The minimum absolute atomic E-state index is 0.171. The molecule has 0 radical (unpaired) electrons. The van der Waals surface area contributed by atoms with Crippen molar-refractivity contribution in [3.05, 3.63) is 12.5 Å². The summed E-state index contributed by atoms with van der Waals surface area (Å²) in [5, 5.41) is 5.31. The maximum absolute atomic E-state index is 11.9. The number of piperidine rings is 1. The molecule has 0 amide bonds. The quantitative estimate of drug-likeness (QED) is 0.762. The van der Waals surface area contributed by atoms with E-state index in [1.54, 1.807) is 17.2 Å². The maximum Gasteiger partial charge on any atom is 0.211 e. The number of sulfonamides is 1. The summed E-state index contributed by atoms with van der Waals surface area (Å²) in [4.78, 5) is 11.1. The van der Waals surface area contributed by atoms with Gasteiger partial charge >= 0.3 is 0 Å². The van der Waals surface area contributed by atoms with Crippen LogP contribution in [0.15, 0.2) is 12.5 Å². The lowest BCUT2D eigenvalue weighted by molar-refractivity contribution is 0.562. The Balaban J connectivity index is 1.69. The van der Waals surface area contributed by atoms with Crippen LogP contribution in [0.1, 0.15) is 39.0 Å². The first-order chi connectivity index (χ1) is 12.1. The molecular weight excluding hydrogens is 340 g/mol. The summed E-state index contributed by atoms with van der Waals surface area (Å²) in [5.74, 6) is 1.10. The third kappa shape index (κ3) is 4.46. The van der Waals surface area contributed by atoms with Crippen molar-refractivity contribution in [3.8, 4) is 0 Å². The Morgan fingerprint density at radius 1 is 1.20 bits per heavy atom. The zero-order valence-corrected chi connectivity index (χ0v) is 15.5. The van der Waals surface area contributed by atoms with Crippen molar-refractivity contribution < 1.29 is 8.42 Å². The minimum Gasteiger partial charge on any atom is -0.356 e. The molecule has 138 valence electrons. The molecule has 3 rings (SSSR count). The number of unbranched alkanes of at least 4 members (excludes halogenated alkanes) is 1. The number of rotatable bonds is 8. The fourth-order valence-corrected chi connectivity index (χ4v) is 4.33. The first kappa shape index (κ1) is 18.1. The largest absolute Gasteiger partial charge is 0.356 e. The molecular formula is C16H26N6O2S. The molecule has 0 aromatic carbocycles. The van der Waals surface area contributed by atoms with E-state index < -0.39 is 10.0 Å². The average molecular weight is 366 g/mol. The number of nitrogens with one attached hydrogen (secondary N) is 1. The lowest BCUT2D eigenvalue weighted by atomic mass is 10.1. The van der Waals surface area contributed by atoms with Crippen LogP contribution in [0.5, 0.6) is 0 Å². The Hall–Kier alpha value is -1.74. The summed E-state index contributed by atoms with van der Waals surface area (Å²) in [6.07, 6.45) is 8.51. The second kappa shape index (κ2) is 8.09. The van der Waals surface area contributed by atoms with Gasteiger partial charge in [0.2, 0.25) is 10.0 Å². The van der Waals surface area contributed by atoms with E-state index in [-0.39, 0.29) is 5.75 Å². The normalized spacial score (nSPS) is 15.8. The van der Waals surface area contributed by atoms with E-state index in [0.717, 1.165) is 36.4 Å². The molecule has 2 aromatic heterocycles. The second-order valence-electron chi connectivity index (χ2n) is 6.42. The highest BCUT2D eigenvalue weighted by Crippen LogP contribution is 2.25. The van der Waals surface area contributed by atoms with E-state index in [9.17, 15) is 8.42 Å². The van der Waals surface area contributed by atoms with E-state index in [1.165, 1.54) is 19.3 Å². The molecule has 9 heteroatoms. The lowest BCUT2D eigenvalue weighted by Crippen LogP contribution is -2.30. The van der Waals surface area contributed by atoms with Crippen molar-refractivity contribution >= 4 is 26.9 Å². The van der Waals surface area contributed by atoms with Crippen molar-refractivity contribution in [1.29, 1.82) is 0 Å². The average Bonchev–Trinajstić information content (AvgIpc) is 3.04. The smallest absolute Gasteiger partial charge is 0.211 e. The molecule has 0 unspecified atom stereocenters. The number of nitrogens with zero attached hydrogens (tertiary/aromatic N) is 5. The molecule has 2 aromatic rings. The summed E-state index contributed by atoms with van der Waals surface area (Å²) in [6.45, 7) is 4.76. The molecule has 0 bridgehead atoms. The van der Waals surface area contributed by atoms with Gasteiger partial charge in [-0.05, 0) is 25.7 Å². The van der Waals surface area contributed by atoms with E-state index in [0.29, 0.717) is 19.5 Å². The molecule has 25 heavy (non-hydrogen) atoms. The summed E-state index contributed by atoms with van der Waals surface area (Å²) in [5.41, 5.74) is 0.753. The highest BCUT2D eigenvalue weighted by Gasteiger charge is 2.18. The zero-order chi connectivity index (χ0) is 17.7. The first-order valence-corrected chi connectivity index (χ1v) is 10.6. The second-order valence-corrected chi connectivity index (χ2v) is 8.34. The number of hydrogen-bond donors (Lipinski definition) is 1. The predicted octanol–water partition coefficient (Wildman–Crippen LogP) is 1.54. The van der Waals surface area contributed by atoms with Crippen molar-refractivity contribution in [2.75, 3.05) is 30.3 Å². The van der Waals surface area contributed by atoms with Gasteiger partial charge in [0.25, 0.3) is 0 Å². The fraction of sp³-hybridized carbons (Fsp3) is 0.688. The maximum atomic E-state index is 11.9. The minimum atomic E-state index is -3.21. The molecule has 8 nitrogen and oxygen atoms in total. The van der Waals surface area contributed by atoms with Gasteiger partial charge < -0.3 is 4.90 Å². The third-order valence-corrected chi connectivity index (χ3v) is 5.95. The van der Waals surface area contributed by atoms with Crippen LogP contribution in [0.2, 0.25) is 0 Å². The molecule has 1 N–H and O–H groups in total. The standard InChI is InChI=1S/C16H26N6O2S/c1-2-3-11-25(23,24)20-7-10-22-16-14(12-19-22)15(17-13-18-16)21-8-5-4-6-9-21/h12-13,20H,2-11H2,1H3. The van der Waals surface area contributed by atoms with E-state index >= 15 is 0 Å².